The van der Waals surface area contributed by atoms with Gasteiger partial charge in [0.05, 0.1) is 32.6 Å². The van der Waals surface area contributed by atoms with Crippen molar-refractivity contribution in [3.63, 3.8) is 0 Å². The molecule has 3 aromatic heterocycles. The Morgan fingerprint density at radius 1 is 1.45 bits per heavy atom. The lowest BCUT2D eigenvalue weighted by atomic mass is 10.3. The molecule has 0 bridgehead atoms. The maximum absolute atomic E-state index is 9.47. The number of aliphatic hydroxyl groups excluding tert-OH is 1. The van der Waals surface area contributed by atoms with E-state index in [1.807, 2.05) is 19.2 Å². The Bertz CT molecular complexity index is 798. The lowest BCUT2D eigenvalue weighted by Crippen LogP contribution is -2.06. The Morgan fingerprint density at radius 3 is 3.00 bits per heavy atom. The Labute approximate surface area is 131 Å². The van der Waals surface area contributed by atoms with Crippen molar-refractivity contribution in [3.8, 4) is 10.6 Å². The van der Waals surface area contributed by atoms with Gasteiger partial charge in [-0.05, 0) is 18.6 Å². The molecule has 1 aliphatic carbocycles. The molecule has 0 amide bonds. The summed E-state index contributed by atoms with van der Waals surface area (Å²) in [7, 11) is 1.87. The summed E-state index contributed by atoms with van der Waals surface area (Å²) >= 11 is 1.69. The van der Waals surface area contributed by atoms with E-state index in [0.717, 1.165) is 45.3 Å². The first kappa shape index (κ1) is 13.5. The lowest BCUT2D eigenvalue weighted by Gasteiger charge is -2.09. The zero-order valence-electron chi connectivity index (χ0n) is 12.1. The van der Waals surface area contributed by atoms with Crippen molar-refractivity contribution in [2.24, 2.45) is 5.92 Å². The van der Waals surface area contributed by atoms with Crippen LogP contribution in [0, 0.1) is 5.92 Å². The van der Waals surface area contributed by atoms with E-state index >= 15 is 0 Å². The molecule has 0 aliphatic heterocycles. The van der Waals surface area contributed by atoms with Crippen LogP contribution in [-0.2, 0) is 0 Å². The number of rotatable bonds is 5. The number of fused-ring (bicyclic) bond motifs is 1. The van der Waals surface area contributed by atoms with Crippen LogP contribution in [0.25, 0.3) is 20.8 Å². The molecular formula is C15H17N5OS. The van der Waals surface area contributed by atoms with Crippen LogP contribution >= 0.6 is 11.3 Å². The number of anilines is 2. The van der Waals surface area contributed by atoms with Crippen LogP contribution in [0.3, 0.4) is 0 Å². The molecule has 4 N–H and O–H groups in total. The fraction of sp³-hybridized carbons (Fsp3) is 0.333. The summed E-state index contributed by atoms with van der Waals surface area (Å²) in [6.45, 7) is 0.792. The fourth-order valence-electron chi connectivity index (χ4n) is 2.50. The standard InChI is InChI=1S/C15H17N5OS/c1-16-14-6-10(17-7-8-4-12(8)21)15-11(19-14)5-13(22-15)9-2-3-18-20-9/h2-3,5-6,8,12,21H,4,7H2,1H3,(H,18,20)(H2,16,17,19). The van der Waals surface area contributed by atoms with Crippen LogP contribution in [0.1, 0.15) is 6.42 Å². The smallest absolute Gasteiger partial charge is 0.128 e. The van der Waals surface area contributed by atoms with Crippen molar-refractivity contribution in [1.29, 1.82) is 0 Å². The molecule has 114 valence electrons. The number of thiophene rings is 1. The van der Waals surface area contributed by atoms with E-state index in [-0.39, 0.29) is 6.10 Å². The quantitative estimate of drug-likeness (QED) is 0.581. The predicted molar refractivity (Wildman–Crippen MR) is 89.4 cm³/mol. The van der Waals surface area contributed by atoms with E-state index < -0.39 is 0 Å². The molecule has 4 rings (SSSR count). The Kier molecular flexibility index (Phi) is 3.24. The predicted octanol–water partition coefficient (Wildman–Crippen LogP) is 2.52. The maximum atomic E-state index is 9.47. The van der Waals surface area contributed by atoms with Gasteiger partial charge in [-0.25, -0.2) is 4.98 Å². The van der Waals surface area contributed by atoms with Gasteiger partial charge in [0.25, 0.3) is 0 Å². The molecule has 2 unspecified atom stereocenters. The highest BCUT2D eigenvalue weighted by Gasteiger charge is 2.34. The van der Waals surface area contributed by atoms with Crippen LogP contribution in [0.5, 0.6) is 0 Å². The molecule has 22 heavy (non-hydrogen) atoms. The van der Waals surface area contributed by atoms with Crippen molar-refractivity contribution >= 4 is 33.1 Å². The SMILES string of the molecule is CNc1cc(NCC2CC2O)c2sc(-c3ccn[nH]3)cc2n1. The third-order valence-electron chi connectivity index (χ3n) is 3.94. The molecule has 1 aliphatic rings. The van der Waals surface area contributed by atoms with Gasteiger partial charge < -0.3 is 15.7 Å². The lowest BCUT2D eigenvalue weighted by molar-refractivity contribution is 0.262. The van der Waals surface area contributed by atoms with Crippen LogP contribution < -0.4 is 10.6 Å². The molecule has 6 nitrogen and oxygen atoms in total. The Balaban J connectivity index is 1.72. The number of nitrogens with one attached hydrogen (secondary N) is 3. The van der Waals surface area contributed by atoms with Gasteiger partial charge in [-0.1, -0.05) is 0 Å². The van der Waals surface area contributed by atoms with Crippen LogP contribution in [-0.4, -0.2) is 40.0 Å². The van der Waals surface area contributed by atoms with E-state index in [1.54, 1.807) is 17.5 Å². The minimum Gasteiger partial charge on any atom is -0.393 e. The topological polar surface area (TPSA) is 85.9 Å². The first-order valence-electron chi connectivity index (χ1n) is 7.28. The zero-order valence-corrected chi connectivity index (χ0v) is 12.9. The summed E-state index contributed by atoms with van der Waals surface area (Å²) in [5, 5.41) is 23.0. The Hall–Kier alpha value is -2.12. The first-order valence-corrected chi connectivity index (χ1v) is 8.10. The minimum atomic E-state index is -0.141. The molecule has 7 heteroatoms. The van der Waals surface area contributed by atoms with Gasteiger partial charge in [-0.3, -0.25) is 5.10 Å². The third-order valence-corrected chi connectivity index (χ3v) is 5.13. The number of aliphatic hydroxyl groups is 1. The van der Waals surface area contributed by atoms with E-state index in [4.69, 9.17) is 0 Å². The summed E-state index contributed by atoms with van der Waals surface area (Å²) in [6, 6.07) is 6.05. The average Bonchev–Trinajstić information content (AvgIpc) is 2.98. The molecular weight excluding hydrogens is 298 g/mol. The van der Waals surface area contributed by atoms with Crippen molar-refractivity contribution in [1.82, 2.24) is 15.2 Å². The zero-order chi connectivity index (χ0) is 15.1. The van der Waals surface area contributed by atoms with Crippen LogP contribution in [0.4, 0.5) is 11.5 Å². The molecule has 0 radical (unpaired) electrons. The van der Waals surface area contributed by atoms with Crippen molar-refractivity contribution < 1.29 is 5.11 Å². The van der Waals surface area contributed by atoms with Crippen LogP contribution in [0.2, 0.25) is 0 Å². The molecule has 0 spiro atoms. The van der Waals surface area contributed by atoms with Gasteiger partial charge in [0.15, 0.2) is 0 Å². The number of aromatic amines is 1. The van der Waals surface area contributed by atoms with Gasteiger partial charge in [-0.2, -0.15) is 5.10 Å². The van der Waals surface area contributed by atoms with Gasteiger partial charge >= 0.3 is 0 Å². The number of nitrogens with zero attached hydrogens (tertiary/aromatic N) is 2. The average molecular weight is 315 g/mol. The number of hydrogen-bond acceptors (Lipinski definition) is 6. The number of H-pyrrole nitrogens is 1. The summed E-state index contributed by atoms with van der Waals surface area (Å²) in [5.41, 5.74) is 3.02. The second-order valence-electron chi connectivity index (χ2n) is 5.54. The second-order valence-corrected chi connectivity index (χ2v) is 6.60. The molecule has 2 atom stereocenters. The maximum Gasteiger partial charge on any atom is 0.128 e. The molecule has 1 fully saturated rings. The van der Waals surface area contributed by atoms with Gasteiger partial charge in [0.2, 0.25) is 0 Å². The molecule has 3 heterocycles. The second kappa shape index (κ2) is 5.26. The monoisotopic (exact) mass is 315 g/mol. The van der Waals surface area contributed by atoms with Crippen molar-refractivity contribution in [2.75, 3.05) is 24.2 Å². The molecule has 0 aromatic carbocycles. The largest absolute Gasteiger partial charge is 0.393 e. The molecule has 0 saturated heterocycles. The van der Waals surface area contributed by atoms with Gasteiger partial charge in [0, 0.05) is 31.8 Å². The van der Waals surface area contributed by atoms with E-state index in [0.29, 0.717) is 5.92 Å². The Morgan fingerprint density at radius 2 is 2.32 bits per heavy atom. The number of pyridine rings is 1. The normalized spacial score (nSPS) is 20.3. The fourth-order valence-corrected chi connectivity index (χ4v) is 3.56. The van der Waals surface area contributed by atoms with Gasteiger partial charge in [0.1, 0.15) is 5.82 Å². The highest BCUT2D eigenvalue weighted by Crippen LogP contribution is 2.38. The van der Waals surface area contributed by atoms with E-state index in [9.17, 15) is 5.11 Å². The highest BCUT2D eigenvalue weighted by molar-refractivity contribution is 7.22. The van der Waals surface area contributed by atoms with Crippen molar-refractivity contribution in [2.45, 2.75) is 12.5 Å². The summed E-state index contributed by atoms with van der Waals surface area (Å²) in [5.74, 6) is 1.20. The minimum absolute atomic E-state index is 0.141. The van der Waals surface area contributed by atoms with E-state index in [2.05, 4.69) is 31.9 Å². The summed E-state index contributed by atoms with van der Waals surface area (Å²) in [6.07, 6.45) is 2.50. The summed E-state index contributed by atoms with van der Waals surface area (Å²) in [4.78, 5) is 5.73. The first-order chi connectivity index (χ1) is 10.7. The van der Waals surface area contributed by atoms with Gasteiger partial charge in [-0.15, -0.1) is 11.3 Å². The van der Waals surface area contributed by atoms with Crippen molar-refractivity contribution in [3.05, 3.63) is 24.4 Å². The number of hydrogen-bond donors (Lipinski definition) is 4. The highest BCUT2D eigenvalue weighted by atomic mass is 32.1. The third kappa shape index (κ3) is 2.42. The summed E-state index contributed by atoms with van der Waals surface area (Å²) < 4.78 is 1.12. The number of aromatic nitrogens is 3. The molecule has 3 aromatic rings. The van der Waals surface area contributed by atoms with E-state index in [1.165, 1.54) is 0 Å². The van der Waals surface area contributed by atoms with Crippen LogP contribution in [0.15, 0.2) is 24.4 Å². The molecule has 1 saturated carbocycles.